The number of nitro groups is 1. The lowest BCUT2D eigenvalue weighted by atomic mass is 10.2. The zero-order valence-corrected chi connectivity index (χ0v) is 12.7. The summed E-state index contributed by atoms with van der Waals surface area (Å²) >= 11 is 9.33. The fraction of sp³-hybridized carbons (Fsp3) is 0.0769. The van der Waals surface area contributed by atoms with Crippen molar-refractivity contribution in [2.75, 3.05) is 12.4 Å². The molecule has 0 aliphatic rings. The minimum absolute atomic E-state index is 0.131. The molecular weight excluding hydrogens is 348 g/mol. The average Bonchev–Trinajstić information content (AvgIpc) is 2.41. The zero-order valence-electron chi connectivity index (χ0n) is 10.4. The molecule has 0 saturated carbocycles. The summed E-state index contributed by atoms with van der Waals surface area (Å²) in [6.45, 7) is 0. The summed E-state index contributed by atoms with van der Waals surface area (Å²) in [6.07, 6.45) is 0. The van der Waals surface area contributed by atoms with Gasteiger partial charge in [0.25, 0.3) is 0 Å². The van der Waals surface area contributed by atoms with Gasteiger partial charge in [-0.05, 0) is 30.3 Å². The van der Waals surface area contributed by atoms with E-state index >= 15 is 0 Å². The number of nitrogens with zero attached hydrogens (tertiary/aromatic N) is 1. The number of para-hydroxylation sites is 1. The molecule has 0 amide bonds. The standard InChI is InChI=1S/C13H10BrClN2O3/c1-16-10-3-2-4-12(13(10)17(18)19)20-11-6-5-8(14)7-9(11)15/h2-7,16H,1H3. The molecule has 2 aromatic carbocycles. The summed E-state index contributed by atoms with van der Waals surface area (Å²) in [6, 6.07) is 9.84. The van der Waals surface area contributed by atoms with Crippen LogP contribution >= 0.6 is 27.5 Å². The van der Waals surface area contributed by atoms with Gasteiger partial charge in [0.2, 0.25) is 5.75 Å². The van der Waals surface area contributed by atoms with Crippen LogP contribution in [0.3, 0.4) is 0 Å². The Morgan fingerprint density at radius 2 is 2.05 bits per heavy atom. The molecule has 0 aliphatic heterocycles. The molecule has 7 heteroatoms. The number of anilines is 1. The monoisotopic (exact) mass is 356 g/mol. The Balaban J connectivity index is 2.45. The predicted molar refractivity (Wildman–Crippen MR) is 81.9 cm³/mol. The van der Waals surface area contributed by atoms with Crippen molar-refractivity contribution < 1.29 is 9.66 Å². The number of rotatable bonds is 4. The summed E-state index contributed by atoms with van der Waals surface area (Å²) in [5, 5.41) is 14.3. The van der Waals surface area contributed by atoms with E-state index in [0.29, 0.717) is 16.5 Å². The van der Waals surface area contributed by atoms with Gasteiger partial charge in [0.1, 0.15) is 11.4 Å². The van der Waals surface area contributed by atoms with Crippen LogP contribution in [-0.2, 0) is 0 Å². The smallest absolute Gasteiger partial charge is 0.334 e. The number of benzene rings is 2. The first kappa shape index (κ1) is 14.6. The van der Waals surface area contributed by atoms with Gasteiger partial charge in [-0.15, -0.1) is 0 Å². The Kier molecular flexibility index (Phi) is 4.46. The second-order valence-electron chi connectivity index (χ2n) is 3.84. The van der Waals surface area contributed by atoms with Crippen LogP contribution in [-0.4, -0.2) is 12.0 Å². The van der Waals surface area contributed by atoms with Gasteiger partial charge in [-0.3, -0.25) is 10.1 Å². The minimum atomic E-state index is -0.492. The number of nitrogens with one attached hydrogen (secondary N) is 1. The summed E-state index contributed by atoms with van der Waals surface area (Å²) in [4.78, 5) is 10.7. The van der Waals surface area contributed by atoms with Crippen molar-refractivity contribution in [3.05, 3.63) is 56.0 Å². The van der Waals surface area contributed by atoms with E-state index in [1.54, 1.807) is 37.4 Å². The maximum Gasteiger partial charge on any atom is 0.334 e. The van der Waals surface area contributed by atoms with Gasteiger partial charge in [0.05, 0.1) is 9.95 Å². The van der Waals surface area contributed by atoms with Crippen LogP contribution in [0.25, 0.3) is 0 Å². The van der Waals surface area contributed by atoms with Crippen LogP contribution in [0.1, 0.15) is 0 Å². The van der Waals surface area contributed by atoms with Gasteiger partial charge in [-0.1, -0.05) is 33.6 Å². The van der Waals surface area contributed by atoms with E-state index in [2.05, 4.69) is 21.2 Å². The number of hydrogen-bond acceptors (Lipinski definition) is 4. The normalized spacial score (nSPS) is 10.2. The van der Waals surface area contributed by atoms with E-state index in [0.717, 1.165) is 4.47 Å². The van der Waals surface area contributed by atoms with Crippen LogP contribution in [0.2, 0.25) is 5.02 Å². The van der Waals surface area contributed by atoms with Gasteiger partial charge < -0.3 is 10.1 Å². The molecule has 0 fully saturated rings. The Hall–Kier alpha value is -1.79. The second kappa shape index (κ2) is 6.11. The van der Waals surface area contributed by atoms with Crippen LogP contribution < -0.4 is 10.1 Å². The van der Waals surface area contributed by atoms with Crippen molar-refractivity contribution in [2.24, 2.45) is 0 Å². The molecule has 0 unspecified atom stereocenters. The fourth-order valence-electron chi connectivity index (χ4n) is 1.67. The Labute approximate surface area is 128 Å². The summed E-state index contributed by atoms with van der Waals surface area (Å²) in [5.41, 5.74) is 0.245. The first-order valence-corrected chi connectivity index (χ1v) is 6.78. The fourth-order valence-corrected chi connectivity index (χ4v) is 2.38. The van der Waals surface area contributed by atoms with Crippen molar-refractivity contribution in [3.8, 4) is 11.5 Å². The van der Waals surface area contributed by atoms with Gasteiger partial charge in [-0.2, -0.15) is 0 Å². The average molecular weight is 358 g/mol. The van der Waals surface area contributed by atoms with Crippen LogP contribution in [0, 0.1) is 10.1 Å². The van der Waals surface area contributed by atoms with E-state index in [1.807, 2.05) is 0 Å². The Morgan fingerprint density at radius 3 is 2.65 bits per heavy atom. The van der Waals surface area contributed by atoms with E-state index in [4.69, 9.17) is 16.3 Å². The molecule has 20 heavy (non-hydrogen) atoms. The van der Waals surface area contributed by atoms with Crippen LogP contribution in [0.4, 0.5) is 11.4 Å². The van der Waals surface area contributed by atoms with E-state index in [9.17, 15) is 10.1 Å². The maximum absolute atomic E-state index is 11.2. The minimum Gasteiger partial charge on any atom is -0.448 e. The van der Waals surface area contributed by atoms with Gasteiger partial charge in [-0.25, -0.2) is 0 Å². The predicted octanol–water partition coefficient (Wildman–Crippen LogP) is 4.84. The zero-order chi connectivity index (χ0) is 14.7. The molecule has 0 heterocycles. The molecule has 0 radical (unpaired) electrons. The molecule has 0 spiro atoms. The lowest BCUT2D eigenvalue weighted by Crippen LogP contribution is -1.99. The molecule has 1 N–H and O–H groups in total. The number of hydrogen-bond donors (Lipinski definition) is 1. The summed E-state index contributed by atoms with van der Waals surface area (Å²) < 4.78 is 6.36. The van der Waals surface area contributed by atoms with E-state index < -0.39 is 4.92 Å². The molecule has 2 rings (SSSR count). The Bertz CT molecular complexity index is 664. The molecule has 0 aromatic heterocycles. The Morgan fingerprint density at radius 1 is 1.30 bits per heavy atom. The molecule has 5 nitrogen and oxygen atoms in total. The number of nitro benzene ring substituents is 1. The van der Waals surface area contributed by atoms with E-state index in [-0.39, 0.29) is 11.4 Å². The SMILES string of the molecule is CNc1cccc(Oc2ccc(Br)cc2Cl)c1[N+](=O)[O-]. The molecule has 104 valence electrons. The number of halogens is 2. The van der Waals surface area contributed by atoms with Gasteiger partial charge in [0.15, 0.2) is 0 Å². The third-order valence-electron chi connectivity index (χ3n) is 2.56. The summed E-state index contributed by atoms with van der Waals surface area (Å²) in [5.74, 6) is 0.484. The lowest BCUT2D eigenvalue weighted by Gasteiger charge is -2.10. The van der Waals surface area contributed by atoms with Crippen molar-refractivity contribution >= 4 is 38.9 Å². The van der Waals surface area contributed by atoms with Crippen LogP contribution in [0.5, 0.6) is 11.5 Å². The van der Waals surface area contributed by atoms with Gasteiger partial charge >= 0.3 is 5.69 Å². The van der Waals surface area contributed by atoms with Crippen LogP contribution in [0.15, 0.2) is 40.9 Å². The quantitative estimate of drug-likeness (QED) is 0.628. The topological polar surface area (TPSA) is 64.4 Å². The first-order valence-electron chi connectivity index (χ1n) is 5.61. The molecule has 0 bridgehead atoms. The molecule has 0 atom stereocenters. The first-order chi connectivity index (χ1) is 9.52. The second-order valence-corrected chi connectivity index (χ2v) is 5.16. The van der Waals surface area contributed by atoms with Crippen molar-refractivity contribution in [1.29, 1.82) is 0 Å². The third kappa shape index (κ3) is 3.02. The van der Waals surface area contributed by atoms with Crippen molar-refractivity contribution in [3.63, 3.8) is 0 Å². The molecule has 0 saturated heterocycles. The highest BCUT2D eigenvalue weighted by Gasteiger charge is 2.21. The molecule has 0 aliphatic carbocycles. The van der Waals surface area contributed by atoms with Crippen molar-refractivity contribution in [1.82, 2.24) is 0 Å². The van der Waals surface area contributed by atoms with Gasteiger partial charge in [0, 0.05) is 11.5 Å². The largest absolute Gasteiger partial charge is 0.448 e. The highest BCUT2D eigenvalue weighted by Crippen LogP contribution is 2.39. The molecular formula is C13H10BrClN2O3. The van der Waals surface area contributed by atoms with Crippen molar-refractivity contribution in [2.45, 2.75) is 0 Å². The highest BCUT2D eigenvalue weighted by atomic mass is 79.9. The maximum atomic E-state index is 11.2. The third-order valence-corrected chi connectivity index (χ3v) is 3.35. The lowest BCUT2D eigenvalue weighted by molar-refractivity contribution is -0.384. The highest BCUT2D eigenvalue weighted by molar-refractivity contribution is 9.10. The summed E-state index contributed by atoms with van der Waals surface area (Å²) in [7, 11) is 1.61. The van der Waals surface area contributed by atoms with E-state index in [1.165, 1.54) is 6.07 Å². The molecule has 2 aromatic rings. The number of ether oxygens (including phenoxy) is 1.